The summed E-state index contributed by atoms with van der Waals surface area (Å²) in [5, 5.41) is 35.8. The quantitative estimate of drug-likeness (QED) is 0.0433. The van der Waals surface area contributed by atoms with Gasteiger partial charge in [0.25, 0.3) is 0 Å². The maximum Gasteiger partial charge on any atom is 0.509 e. The summed E-state index contributed by atoms with van der Waals surface area (Å²) in [6, 6.07) is 0. The van der Waals surface area contributed by atoms with E-state index in [0.29, 0.717) is 18.4 Å². The first-order valence-electron chi connectivity index (χ1n) is 23.5. The predicted molar refractivity (Wildman–Crippen MR) is 243 cm³/mol. The van der Waals surface area contributed by atoms with Gasteiger partial charge in [-0.3, -0.25) is 9.59 Å². The molecule has 0 aromatic rings. The number of aliphatic hydroxyl groups is 3. The second kappa shape index (κ2) is 21.9. The molecule has 2 heterocycles. The molecule has 5 rings (SSSR count). The molecule has 3 N–H and O–H groups in total. The van der Waals surface area contributed by atoms with Gasteiger partial charge in [0.2, 0.25) is 6.10 Å². The van der Waals surface area contributed by atoms with Crippen molar-refractivity contribution in [3.05, 3.63) is 84.6 Å². The first-order valence-corrected chi connectivity index (χ1v) is 23.5. The highest BCUT2D eigenvalue weighted by Gasteiger charge is 2.84. The number of allylic oxidation sites excluding steroid dienone is 13. The summed E-state index contributed by atoms with van der Waals surface area (Å²) in [6.07, 6.45) is 27.2. The summed E-state index contributed by atoms with van der Waals surface area (Å²) in [5.41, 5.74) is -3.41. The molecule has 0 radical (unpaired) electrons. The molecule has 2 saturated carbocycles. The van der Waals surface area contributed by atoms with Crippen molar-refractivity contribution in [1.29, 1.82) is 0 Å². The van der Waals surface area contributed by atoms with Gasteiger partial charge in [-0.1, -0.05) is 127 Å². The van der Waals surface area contributed by atoms with E-state index in [0.717, 1.165) is 38.5 Å². The Morgan fingerprint density at radius 1 is 0.891 bits per heavy atom. The van der Waals surface area contributed by atoms with Crippen LogP contribution < -0.4 is 0 Å². The summed E-state index contributed by atoms with van der Waals surface area (Å²) < 4.78 is 29.7. The van der Waals surface area contributed by atoms with E-state index >= 15 is 0 Å². The van der Waals surface area contributed by atoms with Crippen molar-refractivity contribution in [3.8, 4) is 0 Å². The second-order valence-electron chi connectivity index (χ2n) is 19.3. The number of hydrogen-bond donors (Lipinski definition) is 3. The normalized spacial score (nSPS) is 33.9. The first kappa shape index (κ1) is 50.9. The van der Waals surface area contributed by atoms with E-state index < -0.39 is 94.2 Å². The minimum Gasteiger partial charge on any atom is -0.459 e. The Labute approximate surface area is 380 Å². The zero-order chi connectivity index (χ0) is 46.9. The zero-order valence-corrected chi connectivity index (χ0v) is 39.3. The monoisotopic (exact) mass is 891 g/mol. The number of hydrogen-bond acceptors (Lipinski definition) is 12. The minimum atomic E-state index is -2.24. The Kier molecular flexibility index (Phi) is 17.4. The van der Waals surface area contributed by atoms with E-state index in [1.165, 1.54) is 6.08 Å². The van der Waals surface area contributed by atoms with Crippen LogP contribution in [0.4, 0.5) is 4.79 Å². The number of rotatable bonds is 21. The molecule has 2 saturated heterocycles. The van der Waals surface area contributed by atoms with Crippen LogP contribution in [0.25, 0.3) is 0 Å². The molecule has 1 spiro atoms. The number of fused-ring (bicyclic) bond motifs is 1. The summed E-state index contributed by atoms with van der Waals surface area (Å²) in [7, 11) is 0. The van der Waals surface area contributed by atoms with Gasteiger partial charge in [0.05, 0.1) is 25.2 Å². The lowest BCUT2D eigenvalue weighted by Crippen LogP contribution is -2.78. The van der Waals surface area contributed by atoms with Gasteiger partial charge >= 0.3 is 18.1 Å². The SMILES string of the molecule is CC/C=C\C/C=C\C/C=C\C/C=C\C/C=C\C/C=C\CCCOC(=O)O[C@@H]1C(=O)C=C(C)[C@@H]2C[C@H]3OC(=O)C(OC(=O)CC(O)(C(C)C)C(C)C)C4[C@@H](C)[C@@H](O)C5(O)OC[C@@]43C5[C@@]12C. The summed E-state index contributed by atoms with van der Waals surface area (Å²) in [5.74, 6) is -8.39. The minimum absolute atomic E-state index is 0.0489. The number of ketones is 1. The maximum absolute atomic E-state index is 14.0. The Morgan fingerprint density at radius 3 is 1.98 bits per heavy atom. The number of esters is 2. The van der Waals surface area contributed by atoms with Crippen LogP contribution in [0.2, 0.25) is 0 Å². The highest BCUT2D eigenvalue weighted by Crippen LogP contribution is 2.74. The summed E-state index contributed by atoms with van der Waals surface area (Å²) in [6.45, 7) is 14.4. The highest BCUT2D eigenvalue weighted by molar-refractivity contribution is 5.97. The fourth-order valence-corrected chi connectivity index (χ4v) is 11.5. The molecule has 0 amide bonds. The van der Waals surface area contributed by atoms with Crippen molar-refractivity contribution in [1.82, 2.24) is 0 Å². The fourth-order valence-electron chi connectivity index (χ4n) is 11.5. The van der Waals surface area contributed by atoms with Crippen LogP contribution in [0.5, 0.6) is 0 Å². The molecule has 354 valence electrons. The van der Waals surface area contributed by atoms with Crippen LogP contribution in [-0.4, -0.2) is 88.2 Å². The van der Waals surface area contributed by atoms with Gasteiger partial charge in [0, 0.05) is 22.7 Å². The van der Waals surface area contributed by atoms with E-state index in [2.05, 4.69) is 73.8 Å². The van der Waals surface area contributed by atoms with E-state index in [1.54, 1.807) is 48.5 Å². The van der Waals surface area contributed by atoms with Crippen molar-refractivity contribution in [2.75, 3.05) is 13.2 Å². The smallest absolute Gasteiger partial charge is 0.459 e. The van der Waals surface area contributed by atoms with E-state index in [4.69, 9.17) is 23.7 Å². The third-order valence-corrected chi connectivity index (χ3v) is 14.8. The highest BCUT2D eigenvalue weighted by atomic mass is 16.7. The number of ether oxygens (including phenoxy) is 5. The molecule has 4 unspecified atom stereocenters. The lowest BCUT2D eigenvalue weighted by Gasteiger charge is -2.68. The lowest BCUT2D eigenvalue weighted by atomic mass is 9.38. The Bertz CT molecular complexity index is 1860. The van der Waals surface area contributed by atoms with Crippen molar-refractivity contribution in [3.63, 3.8) is 0 Å². The van der Waals surface area contributed by atoms with Gasteiger partial charge in [-0.15, -0.1) is 0 Å². The topological polar surface area (TPSA) is 175 Å². The lowest BCUT2D eigenvalue weighted by molar-refractivity contribution is -0.340. The summed E-state index contributed by atoms with van der Waals surface area (Å²) in [4.78, 5) is 54.9. The molecule has 4 fully saturated rings. The first-order chi connectivity index (χ1) is 30.4. The van der Waals surface area contributed by atoms with Crippen LogP contribution in [0, 0.1) is 46.3 Å². The van der Waals surface area contributed by atoms with Crippen LogP contribution in [0.3, 0.4) is 0 Å². The van der Waals surface area contributed by atoms with Gasteiger partial charge in [-0.05, 0) is 94.5 Å². The third kappa shape index (κ3) is 10.3. The second-order valence-corrected chi connectivity index (χ2v) is 19.3. The maximum atomic E-state index is 14.0. The van der Waals surface area contributed by atoms with Gasteiger partial charge in [-0.25, -0.2) is 9.59 Å². The van der Waals surface area contributed by atoms with Crippen molar-refractivity contribution in [2.45, 2.75) is 155 Å². The molecule has 5 aliphatic rings. The molecule has 12 heteroatoms. The molecule has 0 aromatic carbocycles. The molecule has 3 aliphatic carbocycles. The van der Waals surface area contributed by atoms with Gasteiger partial charge < -0.3 is 39.0 Å². The third-order valence-electron chi connectivity index (χ3n) is 14.8. The Balaban J connectivity index is 1.19. The molecule has 0 aromatic heterocycles. The van der Waals surface area contributed by atoms with Crippen LogP contribution in [0.1, 0.15) is 120 Å². The van der Waals surface area contributed by atoms with Crippen LogP contribution in [-0.2, 0) is 38.1 Å². The average Bonchev–Trinajstić information content (AvgIpc) is 3.53. The number of aliphatic hydroxyl groups excluding tert-OH is 1. The molecular weight excluding hydrogens is 817 g/mol. The largest absolute Gasteiger partial charge is 0.509 e. The number of unbranched alkanes of at least 4 members (excludes halogenated alkanes) is 1. The molecule has 2 bridgehead atoms. The van der Waals surface area contributed by atoms with E-state index in [-0.39, 0.29) is 37.9 Å². The van der Waals surface area contributed by atoms with E-state index in [1.807, 2.05) is 6.08 Å². The predicted octanol–water partition coefficient (Wildman–Crippen LogP) is 8.76. The van der Waals surface area contributed by atoms with Crippen molar-refractivity contribution in [2.24, 2.45) is 46.3 Å². The molecule has 12 nitrogen and oxygen atoms in total. The van der Waals surface area contributed by atoms with Gasteiger partial charge in [0.1, 0.15) is 12.2 Å². The number of carbonyl (C=O) groups is 4. The Morgan fingerprint density at radius 2 is 1.44 bits per heavy atom. The van der Waals surface area contributed by atoms with Crippen molar-refractivity contribution < 1.29 is 58.2 Å². The Hall–Kier alpha value is -4.10. The number of carbonyl (C=O) groups excluding carboxylic acids is 4. The van der Waals surface area contributed by atoms with Crippen LogP contribution >= 0.6 is 0 Å². The fraction of sp³-hybridized carbons (Fsp3) is 0.654. The molecule has 64 heavy (non-hydrogen) atoms. The standard InChI is InChI=1S/C52H74O12/c1-9-10-11-12-13-14-15-16-17-18-19-20-21-22-23-24-25-26-27-28-29-60-48(57)64-45-39(53)30-36(6)38-31-40-50-33-61-52(59,47(50)49(38,45)8)44(55)37(7)42(50)43(46(56)62-40)63-41(54)32-51(58,34(2)3)35(4)5/h10-11,13-14,16-17,19-20,22-23,25-26,30,34-35,37-38,40,42-45,47,55,58-59H,9,12,15,18,21,24,27-29,31-33H2,1-8H3/b11-10-,14-13-,17-16-,20-19-,23-22-,26-25-/t37-,38+,40-,42?,43?,44-,45-,47?,49-,50+,52?/m1/s1. The average molecular weight is 891 g/mol. The summed E-state index contributed by atoms with van der Waals surface area (Å²) >= 11 is 0. The zero-order valence-electron chi connectivity index (χ0n) is 39.3. The van der Waals surface area contributed by atoms with Gasteiger partial charge in [0.15, 0.2) is 17.7 Å². The molecular formula is C52H74O12. The molecule has 11 atom stereocenters. The van der Waals surface area contributed by atoms with Crippen LogP contribution in [0.15, 0.2) is 84.6 Å². The van der Waals surface area contributed by atoms with Gasteiger partial charge in [-0.2, -0.15) is 0 Å². The molecule has 2 aliphatic heterocycles. The van der Waals surface area contributed by atoms with Crippen molar-refractivity contribution >= 4 is 23.9 Å². The van der Waals surface area contributed by atoms with E-state index in [9.17, 15) is 34.5 Å².